The number of carbonyl (C=O) groups excluding carboxylic acids is 1. The summed E-state index contributed by atoms with van der Waals surface area (Å²) < 4.78 is 5.83. The summed E-state index contributed by atoms with van der Waals surface area (Å²) in [4.78, 5) is 26.6. The summed E-state index contributed by atoms with van der Waals surface area (Å²) in [6.07, 6.45) is 1.54. The van der Waals surface area contributed by atoms with Gasteiger partial charge in [-0.2, -0.15) is 0 Å². The minimum absolute atomic E-state index is 0.0254. The number of fused-ring (bicyclic) bond motifs is 1. The van der Waals surface area contributed by atoms with Gasteiger partial charge in [0.15, 0.2) is 5.76 Å². The Morgan fingerprint density at radius 2 is 1.86 bits per heavy atom. The number of likely N-dealkylation sites (N-methyl/N-ethyl adjacent to an activating group) is 1. The highest BCUT2D eigenvalue weighted by molar-refractivity contribution is 6.14. The number of nitro benzene ring substituents is 1. The van der Waals surface area contributed by atoms with E-state index in [0.717, 1.165) is 26.2 Å². The van der Waals surface area contributed by atoms with Crippen molar-refractivity contribution in [1.29, 1.82) is 0 Å². The summed E-state index contributed by atoms with van der Waals surface area (Å²) in [7, 11) is 2.08. The monoisotopic (exact) mass is 395 g/mol. The van der Waals surface area contributed by atoms with E-state index in [1.807, 2.05) is 0 Å². The van der Waals surface area contributed by atoms with Crippen molar-refractivity contribution in [3.05, 3.63) is 69.0 Å². The Morgan fingerprint density at radius 1 is 1.17 bits per heavy atom. The first kappa shape index (κ1) is 19.1. The molecule has 0 spiro atoms. The first-order chi connectivity index (χ1) is 13.9. The number of non-ortho nitro benzene ring substituents is 1. The minimum atomic E-state index is -0.479. The van der Waals surface area contributed by atoms with E-state index in [0.29, 0.717) is 29.0 Å². The molecule has 0 amide bonds. The van der Waals surface area contributed by atoms with Gasteiger partial charge in [-0.1, -0.05) is 11.8 Å². The predicted octanol–water partition coefficient (Wildman–Crippen LogP) is 0.615. The molecule has 8 nitrogen and oxygen atoms in total. The van der Waals surface area contributed by atoms with Crippen LogP contribution in [0.5, 0.6) is 11.5 Å². The summed E-state index contributed by atoms with van der Waals surface area (Å²) in [6.45, 7) is 4.30. The maximum atomic E-state index is 12.8. The Balaban J connectivity index is 1.59. The Bertz CT molecular complexity index is 992. The molecule has 0 aliphatic carbocycles. The van der Waals surface area contributed by atoms with Crippen molar-refractivity contribution in [2.24, 2.45) is 0 Å². The Hall–Kier alpha value is -3.23. The fraction of sp³-hybridized carbons (Fsp3) is 0.286. The Kier molecular flexibility index (Phi) is 5.04. The van der Waals surface area contributed by atoms with Gasteiger partial charge in [-0.15, -0.1) is 0 Å². The van der Waals surface area contributed by atoms with Gasteiger partial charge in [0.1, 0.15) is 12.3 Å². The number of rotatable bonds is 4. The Labute approximate surface area is 167 Å². The number of piperazine rings is 1. The van der Waals surface area contributed by atoms with Crippen LogP contribution in [0.3, 0.4) is 0 Å². The first-order valence-electron chi connectivity index (χ1n) is 9.46. The van der Waals surface area contributed by atoms with E-state index in [-0.39, 0.29) is 23.0 Å². The quantitative estimate of drug-likeness (QED) is 0.463. The van der Waals surface area contributed by atoms with Gasteiger partial charge in [0.05, 0.1) is 23.6 Å². The molecule has 0 radical (unpaired) electrons. The molecule has 0 atom stereocenters. The molecule has 0 bridgehead atoms. The van der Waals surface area contributed by atoms with E-state index < -0.39 is 4.92 Å². The molecule has 150 valence electrons. The SMILES string of the molecule is CN1CC[NH+](Cc2c([O-])ccc3c2OC(=Cc2ccc([N+](=O)[O-])cc2)C3=O)CC1. The fourth-order valence-corrected chi connectivity index (χ4v) is 3.66. The zero-order chi connectivity index (χ0) is 20.5. The van der Waals surface area contributed by atoms with Crippen LogP contribution in [0.15, 0.2) is 42.2 Å². The van der Waals surface area contributed by atoms with E-state index in [2.05, 4.69) is 11.9 Å². The van der Waals surface area contributed by atoms with Crippen molar-refractivity contribution in [3.63, 3.8) is 0 Å². The second-order valence-corrected chi connectivity index (χ2v) is 7.44. The van der Waals surface area contributed by atoms with Crippen LogP contribution in [0.4, 0.5) is 5.69 Å². The van der Waals surface area contributed by atoms with Gasteiger partial charge in [0.2, 0.25) is 5.78 Å². The van der Waals surface area contributed by atoms with Crippen molar-refractivity contribution in [3.8, 4) is 11.5 Å². The normalized spacial score (nSPS) is 18.7. The van der Waals surface area contributed by atoms with Crippen LogP contribution in [-0.4, -0.2) is 48.8 Å². The zero-order valence-corrected chi connectivity index (χ0v) is 16.0. The predicted molar refractivity (Wildman–Crippen MR) is 104 cm³/mol. The lowest BCUT2D eigenvalue weighted by Gasteiger charge is -2.30. The maximum absolute atomic E-state index is 12.8. The van der Waals surface area contributed by atoms with Crippen LogP contribution < -0.4 is 14.7 Å². The summed E-state index contributed by atoms with van der Waals surface area (Å²) in [5.74, 6) is 0.0590. The second kappa shape index (κ2) is 7.65. The van der Waals surface area contributed by atoms with E-state index in [9.17, 15) is 20.0 Å². The molecule has 2 heterocycles. The lowest BCUT2D eigenvalue weighted by atomic mass is 10.0. The summed E-state index contributed by atoms with van der Waals surface area (Å²) >= 11 is 0. The highest BCUT2D eigenvalue weighted by Crippen LogP contribution is 2.38. The van der Waals surface area contributed by atoms with Crippen molar-refractivity contribution in [2.45, 2.75) is 6.54 Å². The number of quaternary nitrogens is 1. The van der Waals surface area contributed by atoms with Crippen molar-refractivity contribution in [1.82, 2.24) is 4.90 Å². The molecule has 2 aromatic carbocycles. The standard InChI is InChI=1S/C21H21N3O5/c1-22-8-10-23(11-9-22)13-17-18(25)7-6-16-20(26)19(29-21(16)17)12-14-2-4-15(5-3-14)24(27)28/h2-7,12,25H,8-11,13H2,1H3. The van der Waals surface area contributed by atoms with Crippen molar-refractivity contribution < 1.29 is 24.5 Å². The molecule has 8 heteroatoms. The summed E-state index contributed by atoms with van der Waals surface area (Å²) in [6, 6.07) is 8.80. The van der Waals surface area contributed by atoms with Gasteiger partial charge in [0.25, 0.3) is 5.69 Å². The number of nitrogens with zero attached hydrogens (tertiary/aromatic N) is 2. The van der Waals surface area contributed by atoms with Crippen LogP contribution in [0, 0.1) is 10.1 Å². The molecule has 1 saturated heterocycles. The fourth-order valence-electron chi connectivity index (χ4n) is 3.66. The van der Waals surface area contributed by atoms with Crippen LogP contribution >= 0.6 is 0 Å². The summed E-state index contributed by atoms with van der Waals surface area (Å²) in [5.41, 5.74) is 1.51. The molecule has 0 saturated carbocycles. The molecule has 0 unspecified atom stereocenters. The van der Waals surface area contributed by atoms with Gasteiger partial charge in [0, 0.05) is 30.8 Å². The van der Waals surface area contributed by atoms with E-state index >= 15 is 0 Å². The van der Waals surface area contributed by atoms with E-state index in [1.54, 1.807) is 18.2 Å². The van der Waals surface area contributed by atoms with Crippen molar-refractivity contribution >= 4 is 17.5 Å². The third-order valence-electron chi connectivity index (χ3n) is 5.42. The molecule has 0 aromatic heterocycles. The summed E-state index contributed by atoms with van der Waals surface area (Å²) in [5, 5.41) is 23.3. The molecule has 2 aliphatic heterocycles. The molecule has 2 aromatic rings. The van der Waals surface area contributed by atoms with Gasteiger partial charge in [-0.25, -0.2) is 0 Å². The second-order valence-electron chi connectivity index (χ2n) is 7.44. The number of ketones is 1. The molecule has 2 aliphatic rings. The smallest absolute Gasteiger partial charge is 0.269 e. The van der Waals surface area contributed by atoms with Crippen LogP contribution in [0.2, 0.25) is 0 Å². The van der Waals surface area contributed by atoms with Gasteiger partial charge in [-0.3, -0.25) is 19.8 Å². The third-order valence-corrected chi connectivity index (χ3v) is 5.42. The average Bonchev–Trinajstić information content (AvgIpc) is 3.02. The molecule has 29 heavy (non-hydrogen) atoms. The van der Waals surface area contributed by atoms with E-state index in [4.69, 9.17) is 4.74 Å². The Morgan fingerprint density at radius 3 is 2.52 bits per heavy atom. The van der Waals surface area contributed by atoms with Crippen LogP contribution in [0.25, 0.3) is 6.08 Å². The topological polar surface area (TPSA) is 100 Å². The van der Waals surface area contributed by atoms with Gasteiger partial charge >= 0.3 is 0 Å². The van der Waals surface area contributed by atoms with E-state index in [1.165, 1.54) is 29.2 Å². The lowest BCUT2D eigenvalue weighted by Crippen LogP contribution is -3.13. The minimum Gasteiger partial charge on any atom is -0.872 e. The highest BCUT2D eigenvalue weighted by Gasteiger charge is 2.31. The number of nitrogens with one attached hydrogen (secondary N) is 1. The van der Waals surface area contributed by atoms with Crippen LogP contribution in [-0.2, 0) is 6.54 Å². The highest BCUT2D eigenvalue weighted by atomic mass is 16.6. The number of ether oxygens (including phenoxy) is 1. The molecular weight excluding hydrogens is 374 g/mol. The van der Waals surface area contributed by atoms with Crippen LogP contribution in [0.1, 0.15) is 21.5 Å². The molecular formula is C21H21N3O5. The number of Topliss-reactive ketones (excluding diaryl/α,β-unsaturated/α-hetero) is 1. The molecule has 1 fully saturated rings. The lowest BCUT2D eigenvalue weighted by molar-refractivity contribution is -0.918. The number of hydrogen-bond donors (Lipinski definition) is 1. The number of allylic oxidation sites excluding steroid dienone is 1. The van der Waals surface area contributed by atoms with Crippen molar-refractivity contribution in [2.75, 3.05) is 33.2 Å². The molecule has 1 N–H and O–H groups in total. The number of nitro groups is 1. The number of hydrogen-bond acceptors (Lipinski definition) is 6. The van der Waals surface area contributed by atoms with Gasteiger partial charge < -0.3 is 14.7 Å². The number of carbonyl (C=O) groups is 1. The largest absolute Gasteiger partial charge is 0.872 e. The molecule has 4 rings (SSSR count). The first-order valence-corrected chi connectivity index (χ1v) is 9.46. The zero-order valence-electron chi connectivity index (χ0n) is 16.0. The van der Waals surface area contributed by atoms with Gasteiger partial charge in [-0.05, 0) is 36.9 Å². The maximum Gasteiger partial charge on any atom is 0.269 e. The third kappa shape index (κ3) is 3.85. The number of benzene rings is 2. The average molecular weight is 395 g/mol.